The third-order valence-electron chi connectivity index (χ3n) is 3.62. The van der Waals surface area contributed by atoms with E-state index in [1.165, 1.54) is 19.2 Å². The predicted molar refractivity (Wildman–Crippen MR) is 72.2 cm³/mol. The molecule has 1 aromatic rings. The first kappa shape index (κ1) is 16.1. The van der Waals surface area contributed by atoms with Crippen LogP contribution in [0.2, 0.25) is 0 Å². The van der Waals surface area contributed by atoms with Crippen LogP contribution in [0.25, 0.3) is 0 Å². The number of methoxy groups -OCH3 is 1. The lowest BCUT2D eigenvalue weighted by molar-refractivity contribution is -0.119. The van der Waals surface area contributed by atoms with Gasteiger partial charge in [0.25, 0.3) is 5.92 Å². The molecule has 7 heteroatoms. The summed E-state index contributed by atoms with van der Waals surface area (Å²) in [5.41, 5.74) is 0.0541. The van der Waals surface area contributed by atoms with Gasteiger partial charge in [-0.15, -0.1) is 0 Å². The summed E-state index contributed by atoms with van der Waals surface area (Å²) in [6.07, 6.45) is 0. The highest BCUT2D eigenvalue weighted by Crippen LogP contribution is 2.41. The summed E-state index contributed by atoms with van der Waals surface area (Å²) in [5, 5.41) is 12.1. The molecular formula is C14H19F3N2O2. The first-order valence-corrected chi connectivity index (χ1v) is 6.77. The van der Waals surface area contributed by atoms with Gasteiger partial charge in [-0.05, 0) is 6.07 Å². The first-order valence-electron chi connectivity index (χ1n) is 6.77. The summed E-state index contributed by atoms with van der Waals surface area (Å²) < 4.78 is 47.3. The second-order valence-corrected chi connectivity index (χ2v) is 4.97. The Hall–Kier alpha value is -1.31. The number of piperazine rings is 1. The lowest BCUT2D eigenvalue weighted by atomic mass is 9.97. The quantitative estimate of drug-likeness (QED) is 0.863. The van der Waals surface area contributed by atoms with Gasteiger partial charge in [-0.1, -0.05) is 12.1 Å². The molecular weight excluding hydrogens is 285 g/mol. The van der Waals surface area contributed by atoms with Crippen molar-refractivity contribution in [3.63, 3.8) is 0 Å². The van der Waals surface area contributed by atoms with Crippen LogP contribution < -0.4 is 10.1 Å². The average molecular weight is 304 g/mol. The number of aliphatic hydroxyl groups excluding tert-OH is 1. The van der Waals surface area contributed by atoms with Crippen LogP contribution in [-0.4, -0.2) is 55.8 Å². The zero-order valence-electron chi connectivity index (χ0n) is 11.8. The molecule has 0 aliphatic carbocycles. The smallest absolute Gasteiger partial charge is 0.290 e. The van der Waals surface area contributed by atoms with E-state index in [0.717, 1.165) is 6.07 Å². The number of hydrogen-bond donors (Lipinski definition) is 2. The van der Waals surface area contributed by atoms with Gasteiger partial charge in [0.05, 0.1) is 7.11 Å². The second kappa shape index (κ2) is 6.64. The highest BCUT2D eigenvalue weighted by Gasteiger charge is 2.45. The van der Waals surface area contributed by atoms with Gasteiger partial charge >= 0.3 is 0 Å². The molecule has 0 spiro atoms. The summed E-state index contributed by atoms with van der Waals surface area (Å²) in [7, 11) is 1.24. The second-order valence-electron chi connectivity index (χ2n) is 4.97. The Kier molecular flexibility index (Phi) is 5.08. The van der Waals surface area contributed by atoms with Crippen LogP contribution in [-0.2, 0) is 0 Å². The number of ether oxygens (including phenoxy) is 1. The van der Waals surface area contributed by atoms with Crippen molar-refractivity contribution < 1.29 is 23.0 Å². The van der Waals surface area contributed by atoms with E-state index in [1.54, 1.807) is 4.90 Å². The molecule has 1 atom stereocenters. The van der Waals surface area contributed by atoms with Crippen molar-refractivity contribution in [2.24, 2.45) is 0 Å². The summed E-state index contributed by atoms with van der Waals surface area (Å²) in [4.78, 5) is 1.55. The third-order valence-corrected chi connectivity index (χ3v) is 3.62. The van der Waals surface area contributed by atoms with E-state index in [9.17, 15) is 13.2 Å². The monoisotopic (exact) mass is 304 g/mol. The lowest BCUT2D eigenvalue weighted by Crippen LogP contribution is -2.51. The fourth-order valence-electron chi connectivity index (χ4n) is 2.67. The van der Waals surface area contributed by atoms with Crippen molar-refractivity contribution in [1.82, 2.24) is 10.2 Å². The summed E-state index contributed by atoms with van der Waals surface area (Å²) in [5.74, 6) is -4.28. The highest BCUT2D eigenvalue weighted by molar-refractivity contribution is 5.38. The first-order chi connectivity index (χ1) is 10.0. The minimum Gasteiger partial charge on any atom is -0.493 e. The van der Waals surface area contributed by atoms with Crippen LogP contribution in [0.3, 0.4) is 0 Å². The van der Waals surface area contributed by atoms with E-state index in [2.05, 4.69) is 5.32 Å². The molecule has 1 fully saturated rings. The molecule has 0 aromatic heterocycles. The molecule has 2 N–H and O–H groups in total. The van der Waals surface area contributed by atoms with Crippen LogP contribution in [0.5, 0.6) is 5.75 Å². The molecule has 1 aliphatic rings. The van der Waals surface area contributed by atoms with E-state index in [0.29, 0.717) is 26.2 Å². The van der Waals surface area contributed by atoms with E-state index < -0.39 is 24.4 Å². The van der Waals surface area contributed by atoms with Crippen molar-refractivity contribution in [2.75, 3.05) is 39.9 Å². The van der Waals surface area contributed by atoms with Gasteiger partial charge in [-0.3, -0.25) is 4.90 Å². The molecule has 0 bridgehead atoms. The molecule has 0 unspecified atom stereocenters. The SMILES string of the molecule is COc1c(F)cccc1[C@@H](N1CCNCC1)C(F)(F)CO. The fraction of sp³-hybridized carbons (Fsp3) is 0.571. The largest absolute Gasteiger partial charge is 0.493 e. The Morgan fingerprint density at radius 1 is 1.38 bits per heavy atom. The van der Waals surface area contributed by atoms with Crippen LogP contribution in [0.1, 0.15) is 11.6 Å². The Morgan fingerprint density at radius 2 is 2.05 bits per heavy atom. The van der Waals surface area contributed by atoms with Gasteiger partial charge in [0.1, 0.15) is 12.6 Å². The van der Waals surface area contributed by atoms with Gasteiger partial charge < -0.3 is 15.2 Å². The van der Waals surface area contributed by atoms with E-state index in [1.807, 2.05) is 0 Å². The molecule has 0 saturated carbocycles. The minimum absolute atomic E-state index is 0.0541. The minimum atomic E-state index is -3.39. The van der Waals surface area contributed by atoms with Gasteiger partial charge in [0.2, 0.25) is 0 Å². The van der Waals surface area contributed by atoms with Crippen molar-refractivity contribution >= 4 is 0 Å². The zero-order chi connectivity index (χ0) is 15.5. The van der Waals surface area contributed by atoms with Crippen LogP contribution >= 0.6 is 0 Å². The van der Waals surface area contributed by atoms with Crippen molar-refractivity contribution in [2.45, 2.75) is 12.0 Å². The molecule has 21 heavy (non-hydrogen) atoms. The van der Waals surface area contributed by atoms with Crippen LogP contribution in [0.15, 0.2) is 18.2 Å². The van der Waals surface area contributed by atoms with Crippen molar-refractivity contribution in [3.05, 3.63) is 29.6 Å². The van der Waals surface area contributed by atoms with Gasteiger partial charge in [0, 0.05) is 31.7 Å². The molecule has 1 heterocycles. The number of hydrogen-bond acceptors (Lipinski definition) is 4. The molecule has 0 radical (unpaired) electrons. The number of para-hydroxylation sites is 1. The maximum atomic E-state index is 14.2. The Balaban J connectivity index is 2.46. The highest BCUT2D eigenvalue weighted by atomic mass is 19.3. The maximum Gasteiger partial charge on any atom is 0.290 e. The van der Waals surface area contributed by atoms with Crippen LogP contribution in [0, 0.1) is 5.82 Å². The molecule has 2 rings (SSSR count). The number of nitrogens with zero attached hydrogens (tertiary/aromatic N) is 1. The standard InChI is InChI=1S/C14H19F3N2O2/c1-21-12-10(3-2-4-11(12)15)13(14(16,17)9-20)19-7-5-18-6-8-19/h2-4,13,18,20H,5-9H2,1H3/t13-/m1/s1. The number of rotatable bonds is 5. The molecule has 4 nitrogen and oxygen atoms in total. The molecule has 1 aromatic carbocycles. The molecule has 1 aliphatic heterocycles. The van der Waals surface area contributed by atoms with Gasteiger partial charge in [0.15, 0.2) is 11.6 Å². The average Bonchev–Trinajstić information content (AvgIpc) is 2.48. The van der Waals surface area contributed by atoms with E-state index in [-0.39, 0.29) is 11.3 Å². The fourth-order valence-corrected chi connectivity index (χ4v) is 2.67. The van der Waals surface area contributed by atoms with Gasteiger partial charge in [-0.25, -0.2) is 13.2 Å². The normalized spacial score (nSPS) is 18.5. The third kappa shape index (κ3) is 3.30. The molecule has 0 amide bonds. The molecule has 1 saturated heterocycles. The topological polar surface area (TPSA) is 44.7 Å². The maximum absolute atomic E-state index is 14.2. The molecule has 118 valence electrons. The van der Waals surface area contributed by atoms with Gasteiger partial charge in [-0.2, -0.15) is 0 Å². The number of benzene rings is 1. The number of aliphatic hydroxyl groups is 1. The Morgan fingerprint density at radius 3 is 2.62 bits per heavy atom. The Labute approximate surface area is 121 Å². The van der Waals surface area contributed by atoms with Crippen LogP contribution in [0.4, 0.5) is 13.2 Å². The van der Waals surface area contributed by atoms with Crippen molar-refractivity contribution in [3.8, 4) is 5.75 Å². The predicted octanol–water partition coefficient (Wildman–Crippen LogP) is 1.41. The van der Waals surface area contributed by atoms with E-state index in [4.69, 9.17) is 9.84 Å². The summed E-state index contributed by atoms with van der Waals surface area (Å²) in [6, 6.07) is 2.53. The van der Waals surface area contributed by atoms with Crippen molar-refractivity contribution in [1.29, 1.82) is 0 Å². The number of alkyl halides is 2. The lowest BCUT2D eigenvalue weighted by Gasteiger charge is -2.39. The zero-order valence-corrected chi connectivity index (χ0v) is 11.8. The van der Waals surface area contributed by atoms with E-state index >= 15 is 0 Å². The Bertz CT molecular complexity index is 479. The summed E-state index contributed by atoms with van der Waals surface area (Å²) >= 11 is 0. The number of halogens is 3. The number of nitrogens with one attached hydrogen (secondary N) is 1. The summed E-state index contributed by atoms with van der Waals surface area (Å²) in [6.45, 7) is 0.604.